The van der Waals surface area contributed by atoms with Crippen LogP contribution in [0, 0.1) is 40.3 Å². The summed E-state index contributed by atoms with van der Waals surface area (Å²) in [4.78, 5) is 39.1. The largest absolute Gasteiger partial charge is 0.496 e. The molecule has 5 aliphatic carbocycles. The summed E-state index contributed by atoms with van der Waals surface area (Å²) in [6, 6.07) is 2.20. The smallest absolute Gasteiger partial charge is 0.309 e. The summed E-state index contributed by atoms with van der Waals surface area (Å²) >= 11 is 0. The minimum Gasteiger partial charge on any atom is -0.496 e. The molecular formula is C34H45FN2O6. The van der Waals surface area contributed by atoms with E-state index >= 15 is 4.39 Å². The third-order valence-electron chi connectivity index (χ3n) is 11.1. The van der Waals surface area contributed by atoms with Crippen LogP contribution in [0.1, 0.15) is 94.8 Å². The van der Waals surface area contributed by atoms with E-state index in [4.69, 9.17) is 9.47 Å². The van der Waals surface area contributed by atoms with Crippen molar-refractivity contribution in [2.75, 3.05) is 13.7 Å². The first kappa shape index (κ1) is 29.9. The fraction of sp³-hybridized carbons (Fsp3) is 0.676. The van der Waals surface area contributed by atoms with Gasteiger partial charge in [0.2, 0.25) is 5.91 Å². The zero-order valence-electron chi connectivity index (χ0n) is 25.5. The average molecular weight is 597 g/mol. The van der Waals surface area contributed by atoms with Gasteiger partial charge in [0.15, 0.2) is 11.6 Å². The molecule has 9 heteroatoms. The molecule has 43 heavy (non-hydrogen) atoms. The molecule has 0 radical (unpaired) electrons. The molecule has 1 aromatic carbocycles. The molecule has 234 valence electrons. The van der Waals surface area contributed by atoms with E-state index < -0.39 is 23.1 Å². The number of allylic oxidation sites excluding steroid dienone is 1. The first-order chi connectivity index (χ1) is 20.5. The monoisotopic (exact) mass is 596 g/mol. The van der Waals surface area contributed by atoms with Crippen molar-refractivity contribution in [3.8, 4) is 11.5 Å². The fourth-order valence-corrected chi connectivity index (χ4v) is 7.85. The summed E-state index contributed by atoms with van der Waals surface area (Å²) < 4.78 is 26.5. The lowest BCUT2D eigenvalue weighted by atomic mass is 9.70. The van der Waals surface area contributed by atoms with Gasteiger partial charge in [0, 0.05) is 24.6 Å². The number of aliphatic carboxylic acids is 1. The Morgan fingerprint density at radius 2 is 1.79 bits per heavy atom. The highest BCUT2D eigenvalue weighted by atomic mass is 19.1. The molecule has 1 aromatic rings. The normalized spacial score (nSPS) is 33.5. The van der Waals surface area contributed by atoms with Crippen LogP contribution in [0.15, 0.2) is 23.8 Å². The number of nitrogens with one attached hydrogen (secondary N) is 2. The molecule has 5 saturated carbocycles. The number of halogens is 1. The second-order valence-corrected chi connectivity index (χ2v) is 14.5. The number of hydrogen-bond donors (Lipinski definition) is 3. The lowest BCUT2D eigenvalue weighted by molar-refractivity contribution is -0.150. The molecule has 8 nitrogen and oxygen atoms in total. The zero-order chi connectivity index (χ0) is 30.5. The number of carbonyl (C=O) groups is 3. The number of benzene rings is 1. The minimum atomic E-state index is -0.833. The SMILES string of the molecule is COc1cc(F)c(OC2CCC(C)(C(=O)O)CC2)cc1C(=O)N[C@H]1[C@@H](C(=O)NCC2(C)CCC2)[C@@H]2CC(=CC3CC3)[C@H]1C2. The van der Waals surface area contributed by atoms with Gasteiger partial charge < -0.3 is 25.2 Å². The van der Waals surface area contributed by atoms with Crippen molar-refractivity contribution in [3.05, 3.63) is 35.2 Å². The van der Waals surface area contributed by atoms with Gasteiger partial charge in [-0.25, -0.2) is 4.39 Å². The summed E-state index contributed by atoms with van der Waals surface area (Å²) in [7, 11) is 1.39. The van der Waals surface area contributed by atoms with Crippen LogP contribution >= 0.6 is 0 Å². The van der Waals surface area contributed by atoms with E-state index in [1.807, 2.05) is 0 Å². The summed E-state index contributed by atoms with van der Waals surface area (Å²) in [6.07, 6.45) is 11.5. The molecule has 0 saturated heterocycles. The van der Waals surface area contributed by atoms with Crippen LogP contribution in [0.5, 0.6) is 11.5 Å². The van der Waals surface area contributed by atoms with Crippen molar-refractivity contribution in [2.45, 2.75) is 96.6 Å². The Morgan fingerprint density at radius 3 is 2.40 bits per heavy atom. The van der Waals surface area contributed by atoms with Crippen LogP contribution in [0.25, 0.3) is 0 Å². The summed E-state index contributed by atoms with van der Waals surface area (Å²) in [5.41, 5.74) is 0.858. The summed E-state index contributed by atoms with van der Waals surface area (Å²) in [5.74, 6) is -1.25. The molecule has 0 aromatic heterocycles. The van der Waals surface area contributed by atoms with Crippen molar-refractivity contribution in [1.29, 1.82) is 0 Å². The van der Waals surface area contributed by atoms with Crippen LogP contribution in [-0.4, -0.2) is 48.7 Å². The van der Waals surface area contributed by atoms with Gasteiger partial charge in [0.1, 0.15) is 5.75 Å². The highest BCUT2D eigenvalue weighted by Gasteiger charge is 2.54. The van der Waals surface area contributed by atoms with Crippen molar-refractivity contribution in [2.24, 2.45) is 34.5 Å². The van der Waals surface area contributed by atoms with E-state index in [0.29, 0.717) is 38.1 Å². The first-order valence-electron chi connectivity index (χ1n) is 16.1. The van der Waals surface area contributed by atoms with Gasteiger partial charge in [-0.1, -0.05) is 25.0 Å². The lowest BCUT2D eigenvalue weighted by Crippen LogP contribution is -2.52. The first-order valence-corrected chi connectivity index (χ1v) is 16.1. The number of carboxylic acid groups (broad SMARTS) is 1. The molecule has 3 N–H and O–H groups in total. The maximum atomic E-state index is 15.1. The average Bonchev–Trinajstić information content (AvgIpc) is 3.59. The number of carbonyl (C=O) groups excluding carboxylic acids is 2. The third-order valence-corrected chi connectivity index (χ3v) is 11.1. The molecule has 0 heterocycles. The Bertz CT molecular complexity index is 1310. The minimum absolute atomic E-state index is 0.0112. The second kappa shape index (κ2) is 11.4. The van der Waals surface area contributed by atoms with Crippen LogP contribution in [-0.2, 0) is 9.59 Å². The Labute approximate surface area is 253 Å². The van der Waals surface area contributed by atoms with Crippen LogP contribution < -0.4 is 20.1 Å². The molecule has 5 aliphatic rings. The topological polar surface area (TPSA) is 114 Å². The van der Waals surface area contributed by atoms with Crippen molar-refractivity contribution in [1.82, 2.24) is 10.6 Å². The number of rotatable bonds is 10. The van der Waals surface area contributed by atoms with Crippen LogP contribution in [0.3, 0.4) is 0 Å². The van der Waals surface area contributed by atoms with Crippen molar-refractivity contribution >= 4 is 17.8 Å². The molecule has 2 amide bonds. The molecular weight excluding hydrogens is 551 g/mol. The molecule has 5 fully saturated rings. The predicted molar refractivity (Wildman–Crippen MR) is 158 cm³/mol. The summed E-state index contributed by atoms with van der Waals surface area (Å²) in [5, 5.41) is 15.9. The number of fused-ring (bicyclic) bond motifs is 2. The molecule has 0 spiro atoms. The van der Waals surface area contributed by atoms with Gasteiger partial charge >= 0.3 is 5.97 Å². The van der Waals surface area contributed by atoms with Gasteiger partial charge in [0.25, 0.3) is 5.91 Å². The Hall–Kier alpha value is -3.10. The maximum absolute atomic E-state index is 15.1. The van der Waals surface area contributed by atoms with E-state index in [1.54, 1.807) is 6.92 Å². The Morgan fingerprint density at radius 1 is 1.07 bits per heavy atom. The molecule has 4 atom stereocenters. The van der Waals surface area contributed by atoms with Crippen LogP contribution in [0.2, 0.25) is 0 Å². The second-order valence-electron chi connectivity index (χ2n) is 14.5. The van der Waals surface area contributed by atoms with Crippen LogP contribution in [0.4, 0.5) is 4.39 Å². The number of hydrogen-bond acceptors (Lipinski definition) is 5. The van der Waals surface area contributed by atoms with Gasteiger partial charge in [-0.15, -0.1) is 0 Å². The van der Waals surface area contributed by atoms with Gasteiger partial charge in [-0.05, 0) is 94.4 Å². The Kier molecular flexibility index (Phi) is 7.96. The fourth-order valence-electron chi connectivity index (χ4n) is 7.85. The van der Waals surface area contributed by atoms with E-state index in [0.717, 1.165) is 31.7 Å². The third kappa shape index (κ3) is 6.01. The highest BCUT2D eigenvalue weighted by molar-refractivity contribution is 5.98. The molecule has 2 bridgehead atoms. The van der Waals surface area contributed by atoms with E-state index in [9.17, 15) is 19.5 Å². The molecule has 0 aliphatic heterocycles. The van der Waals surface area contributed by atoms with Gasteiger partial charge in [-0.3, -0.25) is 14.4 Å². The number of amides is 2. The number of carboxylic acids is 1. The molecule has 0 unspecified atom stereocenters. The predicted octanol–water partition coefficient (Wildman–Crippen LogP) is 5.64. The number of ether oxygens (including phenoxy) is 2. The Balaban J connectivity index is 1.20. The molecule has 6 rings (SSSR count). The number of methoxy groups -OCH3 is 1. The quantitative estimate of drug-likeness (QED) is 0.301. The lowest BCUT2D eigenvalue weighted by Gasteiger charge is -2.39. The van der Waals surface area contributed by atoms with Gasteiger partial charge in [0.05, 0.1) is 30.1 Å². The van der Waals surface area contributed by atoms with Gasteiger partial charge in [-0.2, -0.15) is 0 Å². The van der Waals surface area contributed by atoms with Crippen molar-refractivity contribution in [3.63, 3.8) is 0 Å². The zero-order valence-corrected chi connectivity index (χ0v) is 25.5. The standard InChI is InChI=1S/C34H45FN2O6/c1-33(9-4-10-33)18-36-31(39)28-21-14-20(13-19-5-6-19)23(15-21)29(28)37-30(38)24-16-27(25(35)17-26(24)42-3)43-22-7-11-34(2,12-8-22)32(40)41/h13,16-17,19,21-23,28-29H,4-12,14-15,18H2,1-3H3,(H,36,39)(H,37,38)(H,40,41)/t21-,22?,23-,28+,29-,34?/m1/s1. The summed E-state index contributed by atoms with van der Waals surface area (Å²) in [6.45, 7) is 4.60. The van der Waals surface area contributed by atoms with E-state index in [-0.39, 0.29) is 58.3 Å². The van der Waals surface area contributed by atoms with E-state index in [1.165, 1.54) is 38.0 Å². The highest BCUT2D eigenvalue weighted by Crippen LogP contribution is 2.53. The van der Waals surface area contributed by atoms with E-state index in [2.05, 4.69) is 23.6 Å². The van der Waals surface area contributed by atoms with Crippen molar-refractivity contribution < 1.29 is 33.4 Å². The maximum Gasteiger partial charge on any atom is 0.309 e.